The first-order chi connectivity index (χ1) is 12.6. The minimum atomic E-state index is -0.270. The maximum atomic E-state index is 13.0. The standard InChI is InChI=1S/C20H22FN3O2/c21-16-10-8-15(9-11-16)14-24-12-4-7-18(24)20(26)22-13-19(25)23-17-5-2-1-3-6-17/h1-3,5-6,8-11,18H,4,7,12-14H2,(H,22,26)(H,23,25). The zero-order valence-electron chi connectivity index (χ0n) is 14.5. The zero-order valence-corrected chi connectivity index (χ0v) is 14.5. The van der Waals surface area contributed by atoms with Crippen molar-refractivity contribution in [1.82, 2.24) is 10.2 Å². The third-order valence-corrected chi connectivity index (χ3v) is 4.45. The van der Waals surface area contributed by atoms with Gasteiger partial charge in [0.05, 0.1) is 12.6 Å². The van der Waals surface area contributed by atoms with Crippen LogP contribution in [0, 0.1) is 5.82 Å². The van der Waals surface area contributed by atoms with Crippen molar-refractivity contribution in [2.75, 3.05) is 18.4 Å². The maximum absolute atomic E-state index is 13.0. The lowest BCUT2D eigenvalue weighted by Gasteiger charge is -2.23. The smallest absolute Gasteiger partial charge is 0.243 e. The molecule has 0 bridgehead atoms. The second kappa shape index (κ2) is 8.58. The van der Waals surface area contributed by atoms with Crippen molar-refractivity contribution in [3.63, 3.8) is 0 Å². The molecule has 6 heteroatoms. The summed E-state index contributed by atoms with van der Waals surface area (Å²) in [5.41, 5.74) is 1.67. The van der Waals surface area contributed by atoms with Gasteiger partial charge in [-0.2, -0.15) is 0 Å². The second-order valence-electron chi connectivity index (χ2n) is 6.39. The van der Waals surface area contributed by atoms with Crippen LogP contribution in [0.4, 0.5) is 10.1 Å². The minimum absolute atomic E-state index is 0.0609. The molecule has 0 aromatic heterocycles. The van der Waals surface area contributed by atoms with Crippen LogP contribution in [0.1, 0.15) is 18.4 Å². The molecule has 1 saturated heterocycles. The predicted molar refractivity (Wildman–Crippen MR) is 97.9 cm³/mol. The monoisotopic (exact) mass is 355 g/mol. The van der Waals surface area contributed by atoms with E-state index in [-0.39, 0.29) is 30.2 Å². The summed E-state index contributed by atoms with van der Waals surface area (Å²) in [7, 11) is 0. The summed E-state index contributed by atoms with van der Waals surface area (Å²) in [4.78, 5) is 26.5. The van der Waals surface area contributed by atoms with Crippen molar-refractivity contribution >= 4 is 17.5 Å². The van der Waals surface area contributed by atoms with Crippen LogP contribution in [0.2, 0.25) is 0 Å². The third-order valence-electron chi connectivity index (χ3n) is 4.45. The number of nitrogens with one attached hydrogen (secondary N) is 2. The maximum Gasteiger partial charge on any atom is 0.243 e. The molecule has 1 aliphatic heterocycles. The predicted octanol–water partition coefficient (Wildman–Crippen LogP) is 2.54. The molecule has 5 nitrogen and oxygen atoms in total. The molecular weight excluding hydrogens is 333 g/mol. The Morgan fingerprint density at radius 1 is 1.08 bits per heavy atom. The lowest BCUT2D eigenvalue weighted by atomic mass is 10.1. The average molecular weight is 355 g/mol. The molecule has 1 aliphatic rings. The van der Waals surface area contributed by atoms with Gasteiger partial charge in [0.2, 0.25) is 11.8 Å². The molecule has 26 heavy (non-hydrogen) atoms. The fourth-order valence-corrected chi connectivity index (χ4v) is 3.15. The Balaban J connectivity index is 1.50. The van der Waals surface area contributed by atoms with Gasteiger partial charge < -0.3 is 10.6 Å². The molecule has 0 saturated carbocycles. The molecular formula is C20H22FN3O2. The summed E-state index contributed by atoms with van der Waals surface area (Å²) < 4.78 is 13.0. The highest BCUT2D eigenvalue weighted by atomic mass is 19.1. The van der Waals surface area contributed by atoms with E-state index in [4.69, 9.17) is 0 Å². The van der Waals surface area contributed by atoms with Gasteiger partial charge in [0.1, 0.15) is 5.82 Å². The first-order valence-corrected chi connectivity index (χ1v) is 8.73. The Kier molecular flexibility index (Phi) is 5.96. The number of halogens is 1. The van der Waals surface area contributed by atoms with E-state index in [1.54, 1.807) is 24.3 Å². The van der Waals surface area contributed by atoms with Crippen molar-refractivity contribution in [2.45, 2.75) is 25.4 Å². The molecule has 0 spiro atoms. The van der Waals surface area contributed by atoms with Crippen LogP contribution >= 0.6 is 0 Å². The van der Waals surface area contributed by atoms with Crippen LogP contribution in [0.3, 0.4) is 0 Å². The Morgan fingerprint density at radius 2 is 1.81 bits per heavy atom. The summed E-state index contributed by atoms with van der Waals surface area (Å²) >= 11 is 0. The van der Waals surface area contributed by atoms with E-state index >= 15 is 0 Å². The van der Waals surface area contributed by atoms with Gasteiger partial charge in [0.25, 0.3) is 0 Å². The number of amides is 2. The molecule has 2 aromatic carbocycles. The molecule has 1 atom stereocenters. The Labute approximate surface area is 152 Å². The van der Waals surface area contributed by atoms with E-state index in [0.717, 1.165) is 24.9 Å². The van der Waals surface area contributed by atoms with Gasteiger partial charge in [-0.25, -0.2) is 4.39 Å². The highest BCUT2D eigenvalue weighted by molar-refractivity contribution is 5.95. The van der Waals surface area contributed by atoms with Gasteiger partial charge in [0, 0.05) is 12.2 Å². The van der Waals surface area contributed by atoms with Gasteiger partial charge in [0.15, 0.2) is 0 Å². The fraction of sp³-hybridized carbons (Fsp3) is 0.300. The number of carbonyl (C=O) groups is 2. The number of hydrogen-bond donors (Lipinski definition) is 2. The molecule has 136 valence electrons. The number of rotatable bonds is 6. The summed E-state index contributed by atoms with van der Waals surface area (Å²) in [6.45, 7) is 1.34. The lowest BCUT2D eigenvalue weighted by Crippen LogP contribution is -2.45. The van der Waals surface area contributed by atoms with Crippen LogP contribution in [-0.2, 0) is 16.1 Å². The van der Waals surface area contributed by atoms with Gasteiger partial charge in [-0.05, 0) is 49.2 Å². The summed E-state index contributed by atoms with van der Waals surface area (Å²) in [5.74, 6) is -0.672. The number of nitrogens with zero attached hydrogens (tertiary/aromatic N) is 1. The minimum Gasteiger partial charge on any atom is -0.346 e. The topological polar surface area (TPSA) is 61.4 Å². The summed E-state index contributed by atoms with van der Waals surface area (Å²) in [6.07, 6.45) is 1.68. The Morgan fingerprint density at radius 3 is 2.54 bits per heavy atom. The van der Waals surface area contributed by atoms with E-state index in [1.165, 1.54) is 12.1 Å². The van der Waals surface area contributed by atoms with E-state index in [0.29, 0.717) is 12.2 Å². The first kappa shape index (κ1) is 18.1. The molecule has 0 aliphatic carbocycles. The molecule has 0 radical (unpaired) electrons. The van der Waals surface area contributed by atoms with Gasteiger partial charge in [-0.1, -0.05) is 30.3 Å². The summed E-state index contributed by atoms with van der Waals surface area (Å²) in [6, 6.07) is 15.2. The normalized spacial score (nSPS) is 17.0. The molecule has 2 amide bonds. The van der Waals surface area contributed by atoms with Crippen LogP contribution in [0.5, 0.6) is 0 Å². The largest absolute Gasteiger partial charge is 0.346 e. The van der Waals surface area contributed by atoms with Crippen LogP contribution in [-0.4, -0.2) is 35.8 Å². The van der Waals surface area contributed by atoms with Crippen molar-refractivity contribution in [1.29, 1.82) is 0 Å². The molecule has 1 heterocycles. The Hall–Kier alpha value is -2.73. The Bertz CT molecular complexity index is 749. The van der Waals surface area contributed by atoms with Crippen LogP contribution in [0.25, 0.3) is 0 Å². The molecule has 2 aromatic rings. The number of anilines is 1. The lowest BCUT2D eigenvalue weighted by molar-refractivity contribution is -0.127. The van der Waals surface area contributed by atoms with Crippen molar-refractivity contribution in [3.05, 3.63) is 66.0 Å². The van der Waals surface area contributed by atoms with Gasteiger partial charge in [-0.15, -0.1) is 0 Å². The average Bonchev–Trinajstić information content (AvgIpc) is 3.11. The number of para-hydroxylation sites is 1. The molecule has 3 rings (SSSR count). The van der Waals surface area contributed by atoms with Gasteiger partial charge >= 0.3 is 0 Å². The molecule has 2 N–H and O–H groups in total. The van der Waals surface area contributed by atoms with E-state index in [9.17, 15) is 14.0 Å². The first-order valence-electron chi connectivity index (χ1n) is 8.73. The second-order valence-corrected chi connectivity index (χ2v) is 6.39. The van der Waals surface area contributed by atoms with E-state index < -0.39 is 0 Å². The number of benzene rings is 2. The SMILES string of the molecule is O=C(CNC(=O)C1CCCN1Cc1ccc(F)cc1)Nc1ccccc1. The molecule has 1 fully saturated rings. The zero-order chi connectivity index (χ0) is 18.4. The van der Waals surface area contributed by atoms with Crippen molar-refractivity contribution in [2.24, 2.45) is 0 Å². The van der Waals surface area contributed by atoms with E-state index in [2.05, 4.69) is 15.5 Å². The highest BCUT2D eigenvalue weighted by Crippen LogP contribution is 2.20. The fourth-order valence-electron chi connectivity index (χ4n) is 3.15. The summed E-state index contributed by atoms with van der Waals surface area (Å²) in [5, 5.41) is 5.46. The van der Waals surface area contributed by atoms with Gasteiger partial charge in [-0.3, -0.25) is 14.5 Å². The van der Waals surface area contributed by atoms with Crippen LogP contribution < -0.4 is 10.6 Å². The van der Waals surface area contributed by atoms with Crippen molar-refractivity contribution < 1.29 is 14.0 Å². The number of hydrogen-bond acceptors (Lipinski definition) is 3. The number of likely N-dealkylation sites (tertiary alicyclic amines) is 1. The highest BCUT2D eigenvalue weighted by Gasteiger charge is 2.30. The molecule has 1 unspecified atom stereocenters. The number of carbonyl (C=O) groups excluding carboxylic acids is 2. The van der Waals surface area contributed by atoms with Crippen molar-refractivity contribution in [3.8, 4) is 0 Å². The third kappa shape index (κ3) is 4.89. The van der Waals surface area contributed by atoms with Crippen LogP contribution in [0.15, 0.2) is 54.6 Å². The van der Waals surface area contributed by atoms with E-state index in [1.807, 2.05) is 18.2 Å². The quantitative estimate of drug-likeness (QED) is 0.837.